The number of allylic oxidation sites excluding steroid dienone is 1. The van der Waals surface area contributed by atoms with Crippen LogP contribution in [0.25, 0.3) is 5.57 Å². The topological polar surface area (TPSA) is 3.24 Å². The smallest absolute Gasteiger partial charge is 0.123 e. The van der Waals surface area contributed by atoms with Gasteiger partial charge in [-0.15, -0.1) is 0 Å². The van der Waals surface area contributed by atoms with E-state index in [4.69, 9.17) is 0 Å². The van der Waals surface area contributed by atoms with Crippen LogP contribution < -0.4 is 0 Å². The SMILES string of the molecule is C=CN(C)/C=C(/C)c1ccc(F)cc1C. The van der Waals surface area contributed by atoms with Crippen molar-refractivity contribution in [1.82, 2.24) is 4.90 Å². The van der Waals surface area contributed by atoms with Crippen LogP contribution >= 0.6 is 0 Å². The van der Waals surface area contributed by atoms with E-state index in [2.05, 4.69) is 6.58 Å². The van der Waals surface area contributed by atoms with Crippen molar-refractivity contribution in [3.63, 3.8) is 0 Å². The normalized spacial score (nSPS) is 11.3. The number of hydrogen-bond donors (Lipinski definition) is 0. The van der Waals surface area contributed by atoms with E-state index in [1.54, 1.807) is 18.3 Å². The zero-order valence-electron chi connectivity index (χ0n) is 9.42. The van der Waals surface area contributed by atoms with Gasteiger partial charge < -0.3 is 4.90 Å². The van der Waals surface area contributed by atoms with Gasteiger partial charge in [0.2, 0.25) is 0 Å². The second-order valence-corrected chi connectivity index (χ2v) is 3.62. The maximum Gasteiger partial charge on any atom is 0.123 e. The summed E-state index contributed by atoms with van der Waals surface area (Å²) in [6.45, 7) is 7.57. The van der Waals surface area contributed by atoms with Gasteiger partial charge in [-0.1, -0.05) is 12.6 Å². The molecule has 0 aromatic heterocycles. The molecule has 0 aliphatic rings. The number of halogens is 1. The van der Waals surface area contributed by atoms with Crippen LogP contribution in [-0.2, 0) is 0 Å². The third-order valence-corrected chi connectivity index (χ3v) is 2.30. The van der Waals surface area contributed by atoms with Crippen LogP contribution in [-0.4, -0.2) is 11.9 Å². The Kier molecular flexibility index (Phi) is 3.67. The van der Waals surface area contributed by atoms with Crippen molar-refractivity contribution in [1.29, 1.82) is 0 Å². The van der Waals surface area contributed by atoms with Crippen molar-refractivity contribution in [2.45, 2.75) is 13.8 Å². The summed E-state index contributed by atoms with van der Waals surface area (Å²) in [5.74, 6) is -0.193. The standard InChI is InChI=1S/C13H16FN/c1-5-15(4)9-11(3)13-7-6-12(14)8-10(13)2/h5-9H,1H2,2-4H3/b11-9-. The molecule has 0 aliphatic heterocycles. The first-order valence-corrected chi connectivity index (χ1v) is 4.84. The number of aryl methyl sites for hydroxylation is 1. The molecular formula is C13H16FN. The third kappa shape index (κ3) is 2.94. The van der Waals surface area contributed by atoms with E-state index in [-0.39, 0.29) is 5.82 Å². The first-order chi connectivity index (χ1) is 7.04. The molecule has 1 aromatic carbocycles. The molecule has 0 bridgehead atoms. The van der Waals surface area contributed by atoms with E-state index < -0.39 is 0 Å². The summed E-state index contributed by atoms with van der Waals surface area (Å²) < 4.78 is 12.9. The fourth-order valence-electron chi connectivity index (χ4n) is 1.50. The predicted octanol–water partition coefficient (Wildman–Crippen LogP) is 3.57. The number of benzene rings is 1. The Hall–Kier alpha value is -1.57. The highest BCUT2D eigenvalue weighted by Gasteiger charge is 2.02. The van der Waals surface area contributed by atoms with Gasteiger partial charge in [0.25, 0.3) is 0 Å². The summed E-state index contributed by atoms with van der Waals surface area (Å²) in [6.07, 6.45) is 3.69. The van der Waals surface area contributed by atoms with Crippen LogP contribution in [0.15, 0.2) is 37.2 Å². The quantitative estimate of drug-likeness (QED) is 0.729. The average molecular weight is 205 g/mol. The minimum absolute atomic E-state index is 0.193. The fourth-order valence-corrected chi connectivity index (χ4v) is 1.50. The molecule has 0 saturated carbocycles. The van der Waals surface area contributed by atoms with Crippen molar-refractivity contribution >= 4 is 5.57 Å². The van der Waals surface area contributed by atoms with Gasteiger partial charge in [0, 0.05) is 13.2 Å². The molecule has 0 N–H and O–H groups in total. The van der Waals surface area contributed by atoms with E-state index in [1.165, 1.54) is 6.07 Å². The van der Waals surface area contributed by atoms with Crippen molar-refractivity contribution in [3.8, 4) is 0 Å². The minimum Gasteiger partial charge on any atom is -0.358 e. The molecular weight excluding hydrogens is 189 g/mol. The van der Waals surface area contributed by atoms with Gasteiger partial charge in [0.05, 0.1) is 0 Å². The lowest BCUT2D eigenvalue weighted by molar-refractivity contribution is 0.625. The molecule has 0 aliphatic carbocycles. The fraction of sp³-hybridized carbons (Fsp3) is 0.231. The lowest BCUT2D eigenvalue weighted by Crippen LogP contribution is -2.00. The monoisotopic (exact) mass is 205 g/mol. The summed E-state index contributed by atoms with van der Waals surface area (Å²) in [7, 11) is 1.91. The highest BCUT2D eigenvalue weighted by Crippen LogP contribution is 2.19. The first-order valence-electron chi connectivity index (χ1n) is 4.84. The van der Waals surface area contributed by atoms with Crippen molar-refractivity contribution < 1.29 is 4.39 Å². The first kappa shape index (κ1) is 11.5. The Balaban J connectivity index is 3.06. The number of rotatable bonds is 3. The van der Waals surface area contributed by atoms with Crippen LogP contribution in [0.4, 0.5) is 4.39 Å². The second kappa shape index (κ2) is 4.78. The predicted molar refractivity (Wildman–Crippen MR) is 62.7 cm³/mol. The van der Waals surface area contributed by atoms with E-state index in [0.29, 0.717) is 0 Å². The van der Waals surface area contributed by atoms with E-state index in [9.17, 15) is 4.39 Å². The third-order valence-electron chi connectivity index (χ3n) is 2.30. The largest absolute Gasteiger partial charge is 0.358 e. The van der Waals surface area contributed by atoms with Gasteiger partial charge in [0.15, 0.2) is 0 Å². The van der Waals surface area contributed by atoms with Crippen LogP contribution in [0.1, 0.15) is 18.1 Å². The zero-order valence-corrected chi connectivity index (χ0v) is 9.42. The molecule has 0 radical (unpaired) electrons. The molecule has 1 rings (SSSR count). The van der Waals surface area contributed by atoms with Crippen molar-refractivity contribution in [2.75, 3.05) is 7.05 Å². The summed E-state index contributed by atoms with van der Waals surface area (Å²) in [4.78, 5) is 1.87. The van der Waals surface area contributed by atoms with E-state index >= 15 is 0 Å². The van der Waals surface area contributed by atoms with Crippen LogP contribution in [0.2, 0.25) is 0 Å². The lowest BCUT2D eigenvalue weighted by atomic mass is 10.0. The average Bonchev–Trinajstić information content (AvgIpc) is 2.17. The molecule has 0 fully saturated rings. The van der Waals surface area contributed by atoms with Crippen LogP contribution in [0.5, 0.6) is 0 Å². The summed E-state index contributed by atoms with van der Waals surface area (Å²) in [5.41, 5.74) is 3.10. The number of hydrogen-bond acceptors (Lipinski definition) is 1. The molecule has 0 heterocycles. The van der Waals surface area contributed by atoms with Gasteiger partial charge in [-0.25, -0.2) is 4.39 Å². The van der Waals surface area contributed by atoms with Crippen LogP contribution in [0.3, 0.4) is 0 Å². The molecule has 2 heteroatoms. The summed E-state index contributed by atoms with van der Waals surface area (Å²) in [5, 5.41) is 0. The second-order valence-electron chi connectivity index (χ2n) is 3.62. The van der Waals surface area contributed by atoms with Crippen molar-refractivity contribution in [2.24, 2.45) is 0 Å². The Morgan fingerprint density at radius 1 is 1.47 bits per heavy atom. The van der Waals surface area contributed by atoms with E-state index in [0.717, 1.165) is 16.7 Å². The molecule has 0 saturated heterocycles. The molecule has 0 unspecified atom stereocenters. The molecule has 0 amide bonds. The molecule has 1 aromatic rings. The molecule has 15 heavy (non-hydrogen) atoms. The Bertz CT molecular complexity index is 394. The molecule has 0 atom stereocenters. The minimum atomic E-state index is -0.193. The highest BCUT2D eigenvalue weighted by atomic mass is 19.1. The number of nitrogens with zero attached hydrogens (tertiary/aromatic N) is 1. The summed E-state index contributed by atoms with van der Waals surface area (Å²) >= 11 is 0. The van der Waals surface area contributed by atoms with Gasteiger partial charge in [-0.2, -0.15) is 0 Å². The maximum absolute atomic E-state index is 12.9. The Morgan fingerprint density at radius 3 is 2.67 bits per heavy atom. The molecule has 80 valence electrons. The van der Waals surface area contributed by atoms with E-state index in [1.807, 2.05) is 32.0 Å². The lowest BCUT2D eigenvalue weighted by Gasteiger charge is -2.11. The van der Waals surface area contributed by atoms with Crippen LogP contribution in [0, 0.1) is 12.7 Å². The summed E-state index contributed by atoms with van der Waals surface area (Å²) in [6, 6.07) is 4.82. The molecule has 0 spiro atoms. The maximum atomic E-state index is 12.9. The van der Waals surface area contributed by atoms with Gasteiger partial charge in [-0.05, 0) is 48.9 Å². The Labute approximate surface area is 90.5 Å². The van der Waals surface area contributed by atoms with Gasteiger partial charge in [0.1, 0.15) is 5.82 Å². The van der Waals surface area contributed by atoms with Gasteiger partial charge in [-0.3, -0.25) is 0 Å². The van der Waals surface area contributed by atoms with Crippen molar-refractivity contribution in [3.05, 3.63) is 54.1 Å². The molecule has 1 nitrogen and oxygen atoms in total. The highest BCUT2D eigenvalue weighted by molar-refractivity contribution is 5.66. The zero-order chi connectivity index (χ0) is 11.4. The van der Waals surface area contributed by atoms with Gasteiger partial charge >= 0.3 is 0 Å². The Morgan fingerprint density at radius 2 is 2.13 bits per heavy atom.